The minimum Gasteiger partial charge on any atom is -0.399 e. The quantitative estimate of drug-likeness (QED) is 0.869. The highest BCUT2D eigenvalue weighted by atomic mass is 79.9. The van der Waals surface area contributed by atoms with E-state index in [0.29, 0.717) is 0 Å². The Morgan fingerprint density at radius 1 is 1.39 bits per heavy atom. The Morgan fingerprint density at radius 3 is 2.78 bits per heavy atom. The fraction of sp³-hybridized carbons (Fsp3) is 0.571. The third kappa shape index (κ3) is 3.97. The molecule has 1 aliphatic rings. The molecule has 0 spiro atoms. The summed E-state index contributed by atoms with van der Waals surface area (Å²) in [5, 5.41) is 0. The molecule has 1 aliphatic heterocycles. The molecule has 0 bridgehead atoms. The van der Waals surface area contributed by atoms with E-state index < -0.39 is 0 Å². The third-order valence-corrected chi connectivity index (χ3v) is 4.17. The Labute approximate surface area is 117 Å². The van der Waals surface area contributed by atoms with Crippen LogP contribution in [0.2, 0.25) is 0 Å². The van der Waals surface area contributed by atoms with Crippen molar-refractivity contribution < 1.29 is 4.74 Å². The molecular formula is C14H21BrN2O. The summed E-state index contributed by atoms with van der Waals surface area (Å²) in [6.07, 6.45) is 2.38. The number of nitrogen functional groups attached to an aromatic ring is 1. The first-order chi connectivity index (χ1) is 8.65. The van der Waals surface area contributed by atoms with Gasteiger partial charge >= 0.3 is 0 Å². The lowest BCUT2D eigenvalue weighted by Crippen LogP contribution is -2.29. The number of halogens is 1. The molecule has 0 atom stereocenters. The van der Waals surface area contributed by atoms with Gasteiger partial charge in [0, 0.05) is 36.5 Å². The topological polar surface area (TPSA) is 38.5 Å². The van der Waals surface area contributed by atoms with E-state index >= 15 is 0 Å². The molecule has 0 saturated carbocycles. The van der Waals surface area contributed by atoms with Crippen LogP contribution in [0.5, 0.6) is 0 Å². The van der Waals surface area contributed by atoms with Gasteiger partial charge in [-0.1, -0.05) is 22.0 Å². The van der Waals surface area contributed by atoms with E-state index in [2.05, 4.69) is 33.9 Å². The maximum atomic E-state index is 5.75. The Hall–Kier alpha value is -0.580. The van der Waals surface area contributed by atoms with Crippen molar-refractivity contribution >= 4 is 21.6 Å². The summed E-state index contributed by atoms with van der Waals surface area (Å²) in [6, 6.07) is 6.03. The van der Waals surface area contributed by atoms with Crippen molar-refractivity contribution in [3.05, 3.63) is 28.2 Å². The summed E-state index contributed by atoms with van der Waals surface area (Å²) in [5.41, 5.74) is 7.84. The first kappa shape index (κ1) is 13.8. The zero-order valence-electron chi connectivity index (χ0n) is 10.9. The molecule has 3 nitrogen and oxygen atoms in total. The van der Waals surface area contributed by atoms with Crippen LogP contribution in [0.3, 0.4) is 0 Å². The van der Waals surface area contributed by atoms with E-state index in [1.807, 2.05) is 12.1 Å². The maximum Gasteiger partial charge on any atom is 0.0469 e. The van der Waals surface area contributed by atoms with Gasteiger partial charge in [0.2, 0.25) is 0 Å². The van der Waals surface area contributed by atoms with Gasteiger partial charge in [0.05, 0.1) is 0 Å². The van der Waals surface area contributed by atoms with Crippen LogP contribution < -0.4 is 5.73 Å². The van der Waals surface area contributed by atoms with Gasteiger partial charge in [0.15, 0.2) is 0 Å². The number of hydrogen-bond acceptors (Lipinski definition) is 3. The lowest BCUT2D eigenvalue weighted by atomic mass is 10.00. The van der Waals surface area contributed by atoms with Gasteiger partial charge in [-0.05, 0) is 43.5 Å². The van der Waals surface area contributed by atoms with Crippen LogP contribution in [0, 0.1) is 5.92 Å². The van der Waals surface area contributed by atoms with Crippen molar-refractivity contribution in [1.29, 1.82) is 0 Å². The van der Waals surface area contributed by atoms with Gasteiger partial charge in [0.25, 0.3) is 0 Å². The van der Waals surface area contributed by atoms with Crippen molar-refractivity contribution in [2.24, 2.45) is 5.92 Å². The molecule has 1 heterocycles. The van der Waals surface area contributed by atoms with Crippen LogP contribution in [0.15, 0.2) is 22.7 Å². The molecule has 0 aromatic heterocycles. The summed E-state index contributed by atoms with van der Waals surface area (Å²) in [5.74, 6) is 0.774. The fourth-order valence-corrected chi connectivity index (χ4v) is 2.94. The summed E-state index contributed by atoms with van der Waals surface area (Å²) in [4.78, 5) is 2.38. The zero-order chi connectivity index (χ0) is 13.0. The lowest BCUT2D eigenvalue weighted by Gasteiger charge is -2.27. The van der Waals surface area contributed by atoms with Crippen LogP contribution in [0.4, 0.5) is 5.69 Å². The molecule has 2 rings (SSSR count). The summed E-state index contributed by atoms with van der Waals surface area (Å²) in [6.45, 7) is 3.94. The molecule has 1 fully saturated rings. The zero-order valence-corrected chi connectivity index (χ0v) is 12.4. The highest BCUT2D eigenvalue weighted by Crippen LogP contribution is 2.22. The molecular weight excluding hydrogens is 292 g/mol. The normalized spacial score (nSPS) is 17.3. The second kappa shape index (κ2) is 6.55. The van der Waals surface area contributed by atoms with Crippen molar-refractivity contribution in [2.45, 2.75) is 19.4 Å². The predicted octanol–water partition coefficient (Wildman–Crippen LogP) is 2.89. The molecule has 2 N–H and O–H groups in total. The maximum absolute atomic E-state index is 5.75. The molecule has 0 unspecified atom stereocenters. The van der Waals surface area contributed by atoms with Crippen molar-refractivity contribution in [2.75, 3.05) is 32.5 Å². The van der Waals surface area contributed by atoms with Gasteiger partial charge < -0.3 is 15.4 Å². The first-order valence-electron chi connectivity index (χ1n) is 6.45. The lowest BCUT2D eigenvalue weighted by molar-refractivity contribution is 0.0549. The molecule has 1 saturated heterocycles. The Kier molecular flexibility index (Phi) is 5.03. The van der Waals surface area contributed by atoms with E-state index in [4.69, 9.17) is 10.5 Å². The number of hydrogen-bond donors (Lipinski definition) is 1. The summed E-state index contributed by atoms with van der Waals surface area (Å²) < 4.78 is 6.49. The monoisotopic (exact) mass is 312 g/mol. The minimum atomic E-state index is 0.774. The molecule has 1 aromatic rings. The third-order valence-electron chi connectivity index (χ3n) is 3.43. The van der Waals surface area contributed by atoms with E-state index in [-0.39, 0.29) is 0 Å². The second-order valence-corrected chi connectivity index (χ2v) is 5.96. The molecule has 4 heteroatoms. The second-order valence-electron chi connectivity index (χ2n) is 5.10. The fourth-order valence-electron chi connectivity index (χ4n) is 2.42. The van der Waals surface area contributed by atoms with E-state index in [1.165, 1.54) is 18.4 Å². The minimum absolute atomic E-state index is 0.774. The average Bonchev–Trinajstić information content (AvgIpc) is 2.34. The van der Waals surface area contributed by atoms with Crippen molar-refractivity contribution in [3.8, 4) is 0 Å². The number of rotatable bonds is 4. The van der Waals surface area contributed by atoms with Crippen LogP contribution in [0.1, 0.15) is 18.4 Å². The number of anilines is 1. The molecule has 0 amide bonds. The first-order valence-corrected chi connectivity index (χ1v) is 7.24. The van der Waals surface area contributed by atoms with Gasteiger partial charge in [-0.3, -0.25) is 0 Å². The molecule has 0 radical (unpaired) electrons. The smallest absolute Gasteiger partial charge is 0.0469 e. The van der Waals surface area contributed by atoms with Gasteiger partial charge in [0.1, 0.15) is 0 Å². The number of nitrogens with two attached hydrogens (primary N) is 1. The van der Waals surface area contributed by atoms with Crippen molar-refractivity contribution in [3.63, 3.8) is 0 Å². The van der Waals surface area contributed by atoms with Gasteiger partial charge in [-0.2, -0.15) is 0 Å². The largest absolute Gasteiger partial charge is 0.399 e. The van der Waals surface area contributed by atoms with E-state index in [9.17, 15) is 0 Å². The molecule has 0 aliphatic carbocycles. The Bertz CT molecular complexity index is 391. The van der Waals surface area contributed by atoms with E-state index in [1.54, 1.807) is 0 Å². The standard InChI is InChI=1S/C14H21BrN2O/c1-17(9-11-4-6-18-7-5-11)10-12-2-3-13(16)8-14(12)15/h2-3,8,11H,4-7,9-10,16H2,1H3. The number of benzene rings is 1. The van der Waals surface area contributed by atoms with Crippen LogP contribution in [-0.4, -0.2) is 31.7 Å². The van der Waals surface area contributed by atoms with Gasteiger partial charge in [-0.15, -0.1) is 0 Å². The number of ether oxygens (including phenoxy) is 1. The Balaban J connectivity index is 1.87. The summed E-state index contributed by atoms with van der Waals surface area (Å²) >= 11 is 3.57. The number of nitrogens with zero attached hydrogens (tertiary/aromatic N) is 1. The van der Waals surface area contributed by atoms with Crippen LogP contribution in [0.25, 0.3) is 0 Å². The molecule has 1 aromatic carbocycles. The van der Waals surface area contributed by atoms with Crippen LogP contribution in [-0.2, 0) is 11.3 Å². The van der Waals surface area contributed by atoms with Crippen LogP contribution >= 0.6 is 15.9 Å². The molecule has 18 heavy (non-hydrogen) atoms. The van der Waals surface area contributed by atoms with Crippen molar-refractivity contribution in [1.82, 2.24) is 4.90 Å². The average molecular weight is 313 g/mol. The SMILES string of the molecule is CN(Cc1ccc(N)cc1Br)CC1CCOCC1. The predicted molar refractivity (Wildman–Crippen MR) is 78.4 cm³/mol. The highest BCUT2D eigenvalue weighted by molar-refractivity contribution is 9.10. The van der Waals surface area contributed by atoms with Gasteiger partial charge in [-0.25, -0.2) is 0 Å². The Morgan fingerprint density at radius 2 is 2.11 bits per heavy atom. The molecule has 100 valence electrons. The summed E-state index contributed by atoms with van der Waals surface area (Å²) in [7, 11) is 2.18. The highest BCUT2D eigenvalue weighted by Gasteiger charge is 2.16. The van der Waals surface area contributed by atoms with E-state index in [0.717, 1.165) is 42.4 Å².